The van der Waals surface area contributed by atoms with Gasteiger partial charge < -0.3 is 14.8 Å². The Bertz CT molecular complexity index is 1150. The highest BCUT2D eigenvalue weighted by molar-refractivity contribution is 6.06. The number of nitrogens with one attached hydrogen (secondary N) is 2. The second-order valence-electron chi connectivity index (χ2n) is 9.70. The van der Waals surface area contributed by atoms with Crippen LogP contribution in [0.5, 0.6) is 0 Å². The van der Waals surface area contributed by atoms with Gasteiger partial charge in [0.15, 0.2) is 0 Å². The van der Waals surface area contributed by atoms with Crippen molar-refractivity contribution in [2.75, 3.05) is 19.6 Å². The summed E-state index contributed by atoms with van der Waals surface area (Å²) in [5.41, 5.74) is 2.71. The first-order chi connectivity index (χ1) is 16.6. The third-order valence-electron chi connectivity index (χ3n) is 7.64. The van der Waals surface area contributed by atoms with E-state index in [4.69, 9.17) is 0 Å². The van der Waals surface area contributed by atoms with Gasteiger partial charge in [-0.05, 0) is 43.5 Å². The molecule has 178 valence electrons. The molecule has 6 rings (SSSR count). The molecule has 2 aromatic rings. The second-order valence-corrected chi connectivity index (χ2v) is 9.70. The van der Waals surface area contributed by atoms with Gasteiger partial charge >= 0.3 is 0 Å². The molecule has 1 aromatic carbocycles. The molecule has 10 heteroatoms. The number of piperidine rings is 2. The van der Waals surface area contributed by atoms with Gasteiger partial charge in [-0.15, -0.1) is 10.2 Å². The number of fused-ring (bicyclic) bond motifs is 2. The summed E-state index contributed by atoms with van der Waals surface area (Å²) >= 11 is 0. The summed E-state index contributed by atoms with van der Waals surface area (Å²) in [7, 11) is 0. The van der Waals surface area contributed by atoms with Crippen molar-refractivity contribution >= 4 is 17.7 Å². The Morgan fingerprint density at radius 1 is 1.03 bits per heavy atom. The van der Waals surface area contributed by atoms with Crippen molar-refractivity contribution in [3.63, 3.8) is 0 Å². The molecule has 0 spiro atoms. The van der Waals surface area contributed by atoms with Crippen LogP contribution in [-0.2, 0) is 35.8 Å². The summed E-state index contributed by atoms with van der Waals surface area (Å²) in [6, 6.07) is 5.42. The van der Waals surface area contributed by atoms with Crippen LogP contribution in [-0.4, -0.2) is 68.0 Å². The molecule has 10 nitrogen and oxygen atoms in total. The molecule has 34 heavy (non-hydrogen) atoms. The Labute approximate surface area is 197 Å². The largest absolute Gasteiger partial charge is 0.322 e. The summed E-state index contributed by atoms with van der Waals surface area (Å²) in [4.78, 5) is 41.3. The van der Waals surface area contributed by atoms with Gasteiger partial charge in [-0.3, -0.25) is 24.6 Å². The van der Waals surface area contributed by atoms with E-state index in [9.17, 15) is 14.4 Å². The van der Waals surface area contributed by atoms with Crippen molar-refractivity contribution in [1.29, 1.82) is 0 Å². The fraction of sp³-hybridized carbons (Fsp3) is 0.542. The number of benzene rings is 1. The van der Waals surface area contributed by atoms with Gasteiger partial charge in [0.1, 0.15) is 17.7 Å². The Morgan fingerprint density at radius 2 is 1.88 bits per heavy atom. The van der Waals surface area contributed by atoms with Crippen molar-refractivity contribution < 1.29 is 14.4 Å². The number of likely N-dealkylation sites (tertiary alicyclic amines) is 1. The van der Waals surface area contributed by atoms with E-state index in [1.54, 1.807) is 4.90 Å². The lowest BCUT2D eigenvalue weighted by Gasteiger charge is -2.32. The van der Waals surface area contributed by atoms with Crippen molar-refractivity contribution in [3.8, 4) is 0 Å². The number of carbonyl (C=O) groups is 3. The number of amides is 3. The van der Waals surface area contributed by atoms with Crippen LogP contribution in [0.3, 0.4) is 0 Å². The normalized spacial score (nSPS) is 23.7. The van der Waals surface area contributed by atoms with Crippen LogP contribution in [0.25, 0.3) is 0 Å². The molecular formula is C24H29N7O3. The molecule has 2 N–H and O–H groups in total. The van der Waals surface area contributed by atoms with Crippen LogP contribution < -0.4 is 10.6 Å². The van der Waals surface area contributed by atoms with E-state index in [0.29, 0.717) is 25.4 Å². The topological polar surface area (TPSA) is 112 Å². The minimum Gasteiger partial charge on any atom is -0.322 e. The van der Waals surface area contributed by atoms with Crippen molar-refractivity contribution in [3.05, 3.63) is 46.5 Å². The zero-order chi connectivity index (χ0) is 23.2. The maximum Gasteiger partial charge on any atom is 0.255 e. The number of imide groups is 1. The first-order valence-corrected chi connectivity index (χ1v) is 12.2. The Kier molecular flexibility index (Phi) is 5.41. The third kappa shape index (κ3) is 3.70. The second kappa shape index (κ2) is 8.59. The highest BCUT2D eigenvalue weighted by atomic mass is 16.2. The fourth-order valence-corrected chi connectivity index (χ4v) is 5.83. The minimum atomic E-state index is -0.578. The lowest BCUT2D eigenvalue weighted by Crippen LogP contribution is -2.52. The Hall–Kier alpha value is -3.11. The molecule has 2 fully saturated rings. The monoisotopic (exact) mass is 463 g/mol. The van der Waals surface area contributed by atoms with E-state index in [-0.39, 0.29) is 24.1 Å². The highest BCUT2D eigenvalue weighted by Gasteiger charge is 2.40. The summed E-state index contributed by atoms with van der Waals surface area (Å²) in [6.07, 6.45) is 2.70. The van der Waals surface area contributed by atoms with E-state index in [0.717, 1.165) is 73.9 Å². The molecular weight excluding hydrogens is 434 g/mol. The molecule has 1 unspecified atom stereocenters. The zero-order valence-electron chi connectivity index (χ0n) is 19.1. The van der Waals surface area contributed by atoms with Gasteiger partial charge in [0.2, 0.25) is 11.8 Å². The molecule has 0 saturated carbocycles. The minimum absolute atomic E-state index is 0.0984. The highest BCUT2D eigenvalue weighted by Crippen LogP contribution is 2.32. The summed E-state index contributed by atoms with van der Waals surface area (Å²) in [5, 5.41) is 14.6. The Morgan fingerprint density at radius 3 is 2.71 bits per heavy atom. The number of rotatable bonds is 4. The first kappa shape index (κ1) is 21.4. The van der Waals surface area contributed by atoms with Gasteiger partial charge in [0, 0.05) is 44.1 Å². The molecule has 5 heterocycles. The van der Waals surface area contributed by atoms with E-state index >= 15 is 0 Å². The van der Waals surface area contributed by atoms with Crippen LogP contribution in [0.2, 0.25) is 0 Å². The molecule has 4 aliphatic heterocycles. The summed E-state index contributed by atoms with van der Waals surface area (Å²) in [5.74, 6) is 1.83. The fourth-order valence-electron chi connectivity index (χ4n) is 5.83. The van der Waals surface area contributed by atoms with Gasteiger partial charge in [-0.1, -0.05) is 18.2 Å². The van der Waals surface area contributed by atoms with E-state index < -0.39 is 6.04 Å². The lowest BCUT2D eigenvalue weighted by atomic mass is 9.94. The first-order valence-electron chi connectivity index (χ1n) is 12.2. The van der Waals surface area contributed by atoms with E-state index in [1.807, 2.05) is 18.2 Å². The smallest absolute Gasteiger partial charge is 0.255 e. The molecule has 1 atom stereocenters. The molecule has 0 aliphatic carbocycles. The quantitative estimate of drug-likeness (QED) is 0.636. The molecule has 0 radical (unpaired) electrons. The lowest BCUT2D eigenvalue weighted by molar-refractivity contribution is -0.136. The number of nitrogens with zero attached hydrogens (tertiary/aromatic N) is 5. The summed E-state index contributed by atoms with van der Waals surface area (Å²) in [6.45, 7) is 5.70. The summed E-state index contributed by atoms with van der Waals surface area (Å²) < 4.78 is 2.28. The maximum absolute atomic E-state index is 13.3. The van der Waals surface area contributed by atoms with Crippen molar-refractivity contribution in [2.24, 2.45) is 0 Å². The Balaban J connectivity index is 1.13. The van der Waals surface area contributed by atoms with Crippen LogP contribution in [0.1, 0.15) is 64.7 Å². The van der Waals surface area contributed by atoms with Gasteiger partial charge in [-0.25, -0.2) is 0 Å². The van der Waals surface area contributed by atoms with Crippen molar-refractivity contribution in [1.82, 2.24) is 35.2 Å². The SMILES string of the molecule is O=C1CCC(N2Cc3cccc(CN4CCC(c5nnc6n5CCNC6)CC4)c3C2=O)C(=O)N1. The number of carbonyl (C=O) groups excluding carboxylic acids is 3. The predicted molar refractivity (Wildman–Crippen MR) is 121 cm³/mol. The van der Waals surface area contributed by atoms with Gasteiger partial charge in [0.25, 0.3) is 5.91 Å². The standard InChI is InChI=1S/C24H29N7O3/c32-20-5-4-18(23(33)26-20)31-14-17-3-1-2-16(21(17)24(31)34)13-29-9-6-15(7-10-29)22-28-27-19-12-25-8-11-30(19)22/h1-3,15,18,25H,4-14H2,(H,26,32,33). The molecule has 2 saturated heterocycles. The average molecular weight is 464 g/mol. The van der Waals surface area contributed by atoms with Crippen LogP contribution in [0, 0.1) is 0 Å². The van der Waals surface area contributed by atoms with Crippen molar-refractivity contribution in [2.45, 2.75) is 63.8 Å². The average Bonchev–Trinajstić information content (AvgIpc) is 3.42. The molecule has 0 bridgehead atoms. The van der Waals surface area contributed by atoms with E-state index in [1.165, 1.54) is 0 Å². The molecule has 1 aromatic heterocycles. The molecule has 3 amide bonds. The van der Waals surface area contributed by atoms with Crippen LogP contribution >= 0.6 is 0 Å². The predicted octanol–water partition coefficient (Wildman–Crippen LogP) is 0.522. The number of hydrogen-bond donors (Lipinski definition) is 2. The molecule has 4 aliphatic rings. The maximum atomic E-state index is 13.3. The van der Waals surface area contributed by atoms with Crippen LogP contribution in [0.15, 0.2) is 18.2 Å². The van der Waals surface area contributed by atoms with Gasteiger partial charge in [-0.2, -0.15) is 0 Å². The number of aromatic nitrogens is 3. The number of hydrogen-bond acceptors (Lipinski definition) is 7. The van der Waals surface area contributed by atoms with Crippen LogP contribution in [0.4, 0.5) is 0 Å². The van der Waals surface area contributed by atoms with E-state index in [2.05, 4.69) is 30.3 Å². The third-order valence-corrected chi connectivity index (χ3v) is 7.64. The van der Waals surface area contributed by atoms with Gasteiger partial charge in [0.05, 0.1) is 6.54 Å². The zero-order valence-corrected chi connectivity index (χ0v) is 19.1.